The van der Waals surface area contributed by atoms with Crippen molar-refractivity contribution in [1.29, 1.82) is 0 Å². The zero-order valence-corrected chi connectivity index (χ0v) is 18.6. The number of nitrogens with one attached hydrogen (secondary N) is 1. The van der Waals surface area contributed by atoms with Gasteiger partial charge < -0.3 is 14.8 Å². The SMILES string of the molecule is CCOc1ccc(C2(CNC(=O)CCc3cnn(-c4ccccc4)c3)CCOCC2)cc1. The second kappa shape index (κ2) is 10.5. The zero-order chi connectivity index (χ0) is 22.2. The van der Waals surface area contributed by atoms with Gasteiger partial charge in [-0.2, -0.15) is 5.10 Å². The number of amides is 1. The van der Waals surface area contributed by atoms with E-state index in [0.717, 1.165) is 29.8 Å². The van der Waals surface area contributed by atoms with Crippen LogP contribution in [0, 0.1) is 0 Å². The van der Waals surface area contributed by atoms with E-state index in [2.05, 4.69) is 22.5 Å². The number of hydrogen-bond acceptors (Lipinski definition) is 4. The van der Waals surface area contributed by atoms with Crippen LogP contribution in [0.5, 0.6) is 5.75 Å². The highest BCUT2D eigenvalue weighted by molar-refractivity contribution is 5.76. The minimum atomic E-state index is -0.100. The van der Waals surface area contributed by atoms with Crippen molar-refractivity contribution in [2.45, 2.75) is 38.0 Å². The van der Waals surface area contributed by atoms with E-state index in [9.17, 15) is 4.79 Å². The van der Waals surface area contributed by atoms with Crippen molar-refractivity contribution in [3.63, 3.8) is 0 Å². The van der Waals surface area contributed by atoms with Crippen LogP contribution < -0.4 is 10.1 Å². The Balaban J connectivity index is 1.34. The predicted molar refractivity (Wildman–Crippen MR) is 124 cm³/mol. The Labute approximate surface area is 189 Å². The van der Waals surface area contributed by atoms with Crippen molar-refractivity contribution in [1.82, 2.24) is 15.1 Å². The second-order valence-corrected chi connectivity index (χ2v) is 8.26. The van der Waals surface area contributed by atoms with Gasteiger partial charge >= 0.3 is 0 Å². The molecule has 1 N–H and O–H groups in total. The maximum Gasteiger partial charge on any atom is 0.220 e. The number of ether oxygens (including phenoxy) is 2. The molecule has 1 saturated heterocycles. The summed E-state index contributed by atoms with van der Waals surface area (Å²) in [5, 5.41) is 7.60. The summed E-state index contributed by atoms with van der Waals surface area (Å²) >= 11 is 0. The Morgan fingerprint density at radius 3 is 2.59 bits per heavy atom. The van der Waals surface area contributed by atoms with Gasteiger partial charge in [-0.25, -0.2) is 4.68 Å². The number of hydrogen-bond donors (Lipinski definition) is 1. The van der Waals surface area contributed by atoms with Crippen molar-refractivity contribution in [2.75, 3.05) is 26.4 Å². The standard InChI is InChI=1S/C26H31N3O3/c1-2-32-24-11-9-22(10-12-24)26(14-16-31-17-15-26)20-27-25(30)13-8-21-18-28-29(19-21)23-6-4-3-5-7-23/h3-7,9-12,18-19H,2,8,13-17,20H2,1H3,(H,27,30). The van der Waals surface area contributed by atoms with Gasteiger partial charge in [0.15, 0.2) is 0 Å². The van der Waals surface area contributed by atoms with Crippen LogP contribution in [-0.2, 0) is 21.4 Å². The third-order valence-corrected chi connectivity index (χ3v) is 6.15. The summed E-state index contributed by atoms with van der Waals surface area (Å²) in [5.41, 5.74) is 3.20. The highest BCUT2D eigenvalue weighted by atomic mass is 16.5. The molecule has 0 atom stereocenters. The van der Waals surface area contributed by atoms with Crippen LogP contribution >= 0.6 is 0 Å². The molecule has 1 aliphatic rings. The first-order chi connectivity index (χ1) is 15.7. The molecule has 32 heavy (non-hydrogen) atoms. The number of benzene rings is 2. The van der Waals surface area contributed by atoms with Crippen LogP contribution in [0.3, 0.4) is 0 Å². The van der Waals surface area contributed by atoms with E-state index in [1.807, 2.05) is 66.5 Å². The molecule has 168 valence electrons. The van der Waals surface area contributed by atoms with Crippen molar-refractivity contribution in [3.8, 4) is 11.4 Å². The van der Waals surface area contributed by atoms with Gasteiger partial charge in [-0.3, -0.25) is 4.79 Å². The topological polar surface area (TPSA) is 65.4 Å². The summed E-state index contributed by atoms with van der Waals surface area (Å²) < 4.78 is 13.0. The Bertz CT molecular complexity index is 993. The highest BCUT2D eigenvalue weighted by Gasteiger charge is 2.34. The molecule has 2 heterocycles. The van der Waals surface area contributed by atoms with E-state index in [1.54, 1.807) is 0 Å². The van der Waals surface area contributed by atoms with Crippen LogP contribution in [0.2, 0.25) is 0 Å². The lowest BCUT2D eigenvalue weighted by Gasteiger charge is -2.38. The first-order valence-electron chi connectivity index (χ1n) is 11.4. The Morgan fingerprint density at radius 2 is 1.88 bits per heavy atom. The summed E-state index contributed by atoms with van der Waals surface area (Å²) in [7, 11) is 0. The van der Waals surface area contributed by atoms with Crippen molar-refractivity contribution < 1.29 is 14.3 Å². The first-order valence-corrected chi connectivity index (χ1v) is 11.4. The van der Waals surface area contributed by atoms with Gasteiger partial charge in [0.05, 0.1) is 18.5 Å². The lowest BCUT2D eigenvalue weighted by molar-refractivity contribution is -0.121. The molecule has 0 unspecified atom stereocenters. The van der Waals surface area contributed by atoms with Gasteiger partial charge in [0, 0.05) is 37.8 Å². The zero-order valence-electron chi connectivity index (χ0n) is 18.6. The third-order valence-electron chi connectivity index (χ3n) is 6.15. The van der Waals surface area contributed by atoms with Crippen LogP contribution in [0.1, 0.15) is 37.3 Å². The van der Waals surface area contributed by atoms with Crippen LogP contribution in [-0.4, -0.2) is 42.1 Å². The molecule has 2 aromatic carbocycles. The van der Waals surface area contributed by atoms with E-state index in [-0.39, 0.29) is 11.3 Å². The van der Waals surface area contributed by atoms with Gasteiger partial charge in [0.25, 0.3) is 0 Å². The fourth-order valence-corrected chi connectivity index (χ4v) is 4.23. The monoisotopic (exact) mass is 433 g/mol. The van der Waals surface area contributed by atoms with E-state index >= 15 is 0 Å². The molecule has 0 radical (unpaired) electrons. The molecular formula is C26H31N3O3. The third kappa shape index (κ3) is 5.37. The van der Waals surface area contributed by atoms with Crippen molar-refractivity contribution in [2.24, 2.45) is 0 Å². The van der Waals surface area contributed by atoms with Gasteiger partial charge in [0.1, 0.15) is 5.75 Å². The number of aromatic nitrogens is 2. The molecular weight excluding hydrogens is 402 g/mol. The van der Waals surface area contributed by atoms with Crippen LogP contribution in [0.4, 0.5) is 0 Å². The average Bonchev–Trinajstić information content (AvgIpc) is 3.32. The molecule has 0 spiro atoms. The number of aryl methyl sites for hydroxylation is 1. The Kier molecular flexibility index (Phi) is 7.22. The number of rotatable bonds is 9. The Hall–Kier alpha value is -3.12. The van der Waals surface area contributed by atoms with E-state index in [0.29, 0.717) is 39.2 Å². The van der Waals surface area contributed by atoms with E-state index in [4.69, 9.17) is 9.47 Å². The van der Waals surface area contributed by atoms with E-state index < -0.39 is 0 Å². The largest absolute Gasteiger partial charge is 0.494 e. The second-order valence-electron chi connectivity index (χ2n) is 8.26. The van der Waals surface area contributed by atoms with Crippen molar-refractivity contribution in [3.05, 3.63) is 78.1 Å². The lowest BCUT2D eigenvalue weighted by atomic mass is 9.74. The van der Waals surface area contributed by atoms with Crippen LogP contribution in [0.15, 0.2) is 67.0 Å². The fourth-order valence-electron chi connectivity index (χ4n) is 4.23. The highest BCUT2D eigenvalue weighted by Crippen LogP contribution is 2.35. The lowest BCUT2D eigenvalue weighted by Crippen LogP contribution is -2.44. The molecule has 6 heteroatoms. The molecule has 1 amide bonds. The fraction of sp³-hybridized carbons (Fsp3) is 0.385. The Morgan fingerprint density at radius 1 is 1.12 bits per heavy atom. The predicted octanol–water partition coefficient (Wildman–Crippen LogP) is 4.07. The number of para-hydroxylation sites is 1. The smallest absolute Gasteiger partial charge is 0.220 e. The molecule has 4 rings (SSSR count). The molecule has 0 saturated carbocycles. The quantitative estimate of drug-likeness (QED) is 0.553. The van der Waals surface area contributed by atoms with E-state index in [1.165, 1.54) is 5.56 Å². The average molecular weight is 434 g/mol. The van der Waals surface area contributed by atoms with Crippen LogP contribution in [0.25, 0.3) is 5.69 Å². The van der Waals surface area contributed by atoms with Gasteiger partial charge in [-0.15, -0.1) is 0 Å². The van der Waals surface area contributed by atoms with Gasteiger partial charge in [-0.05, 0) is 61.6 Å². The number of carbonyl (C=O) groups is 1. The number of nitrogens with zero attached hydrogens (tertiary/aromatic N) is 2. The van der Waals surface area contributed by atoms with Crippen molar-refractivity contribution >= 4 is 5.91 Å². The molecule has 1 fully saturated rings. The first kappa shape index (κ1) is 22.1. The molecule has 0 bridgehead atoms. The van der Waals surface area contributed by atoms with Gasteiger partial charge in [0.2, 0.25) is 5.91 Å². The summed E-state index contributed by atoms with van der Waals surface area (Å²) in [6, 6.07) is 18.3. The molecule has 1 aliphatic heterocycles. The summed E-state index contributed by atoms with van der Waals surface area (Å²) in [4.78, 5) is 12.7. The minimum absolute atomic E-state index is 0.0641. The number of carbonyl (C=O) groups excluding carboxylic acids is 1. The molecule has 6 nitrogen and oxygen atoms in total. The maximum absolute atomic E-state index is 12.7. The van der Waals surface area contributed by atoms with Gasteiger partial charge in [-0.1, -0.05) is 30.3 Å². The summed E-state index contributed by atoms with van der Waals surface area (Å²) in [6.45, 7) is 4.67. The minimum Gasteiger partial charge on any atom is -0.494 e. The molecule has 0 aliphatic carbocycles. The molecule has 3 aromatic rings. The summed E-state index contributed by atoms with van der Waals surface area (Å²) in [5.74, 6) is 0.938. The normalized spacial score (nSPS) is 15.3. The maximum atomic E-state index is 12.7. The molecule has 1 aromatic heterocycles. The summed E-state index contributed by atoms with van der Waals surface area (Å²) in [6.07, 6.45) is 6.72.